The molecule has 0 aliphatic heterocycles. The van der Waals surface area contributed by atoms with Crippen LogP contribution < -0.4 is 5.32 Å². The summed E-state index contributed by atoms with van der Waals surface area (Å²) in [5, 5.41) is 2.85. The molecule has 0 spiro atoms. The minimum atomic E-state index is -0.487. The van der Waals surface area contributed by atoms with E-state index in [4.69, 9.17) is 11.6 Å². The molecule has 0 unspecified atom stereocenters. The van der Waals surface area contributed by atoms with Crippen molar-refractivity contribution in [3.8, 4) is 0 Å². The molecule has 16 heavy (non-hydrogen) atoms. The summed E-state index contributed by atoms with van der Waals surface area (Å²) < 4.78 is 13.0. The Morgan fingerprint density at radius 2 is 2.50 bits per heavy atom. The standard InChI is InChI=1S/C11H12ClFN2O/c1-3-4-10(15-7(2)16)9-5-8(13)6-14-11(9)12/h3,5-6,10H,1,4H2,2H3,(H,15,16)/t10-/m1/s1. The molecule has 1 aromatic heterocycles. The van der Waals surface area contributed by atoms with Crippen molar-refractivity contribution in [3.05, 3.63) is 41.5 Å². The van der Waals surface area contributed by atoms with Gasteiger partial charge in [-0.3, -0.25) is 4.79 Å². The molecule has 0 fully saturated rings. The molecule has 0 aliphatic rings. The third-order valence-electron chi connectivity index (χ3n) is 1.99. The maximum absolute atomic E-state index is 13.0. The van der Waals surface area contributed by atoms with Gasteiger partial charge in [-0.05, 0) is 12.5 Å². The summed E-state index contributed by atoms with van der Waals surface area (Å²) in [7, 11) is 0. The Labute approximate surface area is 98.3 Å². The lowest BCUT2D eigenvalue weighted by Gasteiger charge is -2.17. The fourth-order valence-electron chi connectivity index (χ4n) is 1.36. The van der Waals surface area contributed by atoms with E-state index >= 15 is 0 Å². The summed E-state index contributed by atoms with van der Waals surface area (Å²) in [6.07, 6.45) is 3.12. The van der Waals surface area contributed by atoms with Crippen molar-refractivity contribution in [2.24, 2.45) is 0 Å². The summed E-state index contributed by atoms with van der Waals surface area (Å²) in [6.45, 7) is 4.96. The molecule has 0 bridgehead atoms. The zero-order valence-electron chi connectivity index (χ0n) is 8.84. The highest BCUT2D eigenvalue weighted by molar-refractivity contribution is 6.30. The first kappa shape index (κ1) is 12.6. The van der Waals surface area contributed by atoms with Gasteiger partial charge in [-0.1, -0.05) is 17.7 Å². The van der Waals surface area contributed by atoms with Crippen LogP contribution in [0.1, 0.15) is 24.9 Å². The molecule has 0 aromatic carbocycles. The molecule has 1 heterocycles. The number of rotatable bonds is 4. The number of aromatic nitrogens is 1. The van der Waals surface area contributed by atoms with Gasteiger partial charge in [0.2, 0.25) is 5.91 Å². The molecule has 0 saturated carbocycles. The Morgan fingerprint density at radius 3 is 3.06 bits per heavy atom. The highest BCUT2D eigenvalue weighted by Crippen LogP contribution is 2.24. The molecule has 0 radical (unpaired) electrons. The van der Waals surface area contributed by atoms with Crippen LogP contribution in [0.5, 0.6) is 0 Å². The van der Waals surface area contributed by atoms with Crippen molar-refractivity contribution < 1.29 is 9.18 Å². The van der Waals surface area contributed by atoms with Crippen LogP contribution in [-0.4, -0.2) is 10.9 Å². The molecule has 3 nitrogen and oxygen atoms in total. The van der Waals surface area contributed by atoms with E-state index < -0.39 is 11.9 Å². The molecule has 1 amide bonds. The lowest BCUT2D eigenvalue weighted by atomic mass is 10.1. The third kappa shape index (κ3) is 3.31. The van der Waals surface area contributed by atoms with Gasteiger partial charge in [0.1, 0.15) is 11.0 Å². The van der Waals surface area contributed by atoms with Crippen LogP contribution in [-0.2, 0) is 4.79 Å². The van der Waals surface area contributed by atoms with Crippen molar-refractivity contribution in [2.45, 2.75) is 19.4 Å². The third-order valence-corrected chi connectivity index (χ3v) is 2.30. The SMILES string of the molecule is C=CC[C@@H](NC(C)=O)c1cc(F)cnc1Cl. The van der Waals surface area contributed by atoms with Gasteiger partial charge >= 0.3 is 0 Å². The second-order valence-electron chi connectivity index (χ2n) is 3.31. The van der Waals surface area contributed by atoms with Crippen molar-refractivity contribution in [1.29, 1.82) is 0 Å². The van der Waals surface area contributed by atoms with Crippen LogP contribution >= 0.6 is 11.6 Å². The molecular weight excluding hydrogens is 231 g/mol. The van der Waals surface area contributed by atoms with Gasteiger partial charge in [0.05, 0.1) is 12.2 Å². The van der Waals surface area contributed by atoms with E-state index in [9.17, 15) is 9.18 Å². The normalized spacial score (nSPS) is 11.9. The Kier molecular flexibility index (Phi) is 4.43. The number of pyridine rings is 1. The van der Waals surface area contributed by atoms with Crippen LogP contribution in [0.4, 0.5) is 4.39 Å². The minimum absolute atomic E-state index is 0.182. The average Bonchev–Trinajstić information content (AvgIpc) is 2.20. The van der Waals surface area contributed by atoms with E-state index in [0.29, 0.717) is 12.0 Å². The van der Waals surface area contributed by atoms with E-state index in [-0.39, 0.29) is 11.1 Å². The van der Waals surface area contributed by atoms with Crippen LogP contribution in [0.15, 0.2) is 24.9 Å². The summed E-state index contributed by atoms with van der Waals surface area (Å²) in [4.78, 5) is 14.7. The van der Waals surface area contributed by atoms with Gasteiger partial charge in [0.25, 0.3) is 0 Å². The molecule has 1 N–H and O–H groups in total. The molecule has 5 heteroatoms. The summed E-state index contributed by atoms with van der Waals surface area (Å²) in [5.41, 5.74) is 0.455. The second-order valence-corrected chi connectivity index (χ2v) is 3.67. The molecule has 0 aliphatic carbocycles. The quantitative estimate of drug-likeness (QED) is 0.652. The number of hydrogen-bond donors (Lipinski definition) is 1. The lowest BCUT2D eigenvalue weighted by Crippen LogP contribution is -2.26. The van der Waals surface area contributed by atoms with Crippen LogP contribution in [0, 0.1) is 5.82 Å². The number of hydrogen-bond acceptors (Lipinski definition) is 2. The predicted octanol–water partition coefficient (Wildman–Crippen LogP) is 2.63. The van der Waals surface area contributed by atoms with E-state index in [0.717, 1.165) is 6.20 Å². The summed E-state index contributed by atoms with van der Waals surface area (Å²) in [5.74, 6) is -0.703. The Bertz CT molecular complexity index is 409. The molecule has 0 saturated heterocycles. The molecule has 86 valence electrons. The van der Waals surface area contributed by atoms with Crippen LogP contribution in [0.2, 0.25) is 5.15 Å². The van der Waals surface area contributed by atoms with Gasteiger partial charge in [-0.15, -0.1) is 6.58 Å². The number of nitrogens with one attached hydrogen (secondary N) is 1. The van der Waals surface area contributed by atoms with E-state index in [1.54, 1.807) is 6.08 Å². The van der Waals surface area contributed by atoms with Crippen molar-refractivity contribution in [3.63, 3.8) is 0 Å². The van der Waals surface area contributed by atoms with Gasteiger partial charge in [0, 0.05) is 12.5 Å². The zero-order chi connectivity index (χ0) is 12.1. The summed E-state index contributed by atoms with van der Waals surface area (Å²) in [6, 6.07) is 0.866. The monoisotopic (exact) mass is 242 g/mol. The van der Waals surface area contributed by atoms with Crippen molar-refractivity contribution in [1.82, 2.24) is 10.3 Å². The number of nitrogens with zero attached hydrogens (tertiary/aromatic N) is 1. The van der Waals surface area contributed by atoms with Gasteiger partial charge < -0.3 is 5.32 Å². The number of halogens is 2. The average molecular weight is 243 g/mol. The lowest BCUT2D eigenvalue weighted by molar-refractivity contribution is -0.119. The largest absolute Gasteiger partial charge is 0.349 e. The smallest absolute Gasteiger partial charge is 0.217 e. The predicted molar refractivity (Wildman–Crippen MR) is 60.6 cm³/mol. The van der Waals surface area contributed by atoms with Crippen molar-refractivity contribution in [2.75, 3.05) is 0 Å². The van der Waals surface area contributed by atoms with Gasteiger partial charge in [-0.2, -0.15) is 0 Å². The van der Waals surface area contributed by atoms with Crippen molar-refractivity contribution >= 4 is 17.5 Å². The summed E-state index contributed by atoms with van der Waals surface area (Å²) >= 11 is 5.85. The highest BCUT2D eigenvalue weighted by atomic mass is 35.5. The molecular formula is C11H12ClFN2O. The highest BCUT2D eigenvalue weighted by Gasteiger charge is 2.16. The van der Waals surface area contributed by atoms with Crippen LogP contribution in [0.25, 0.3) is 0 Å². The first-order chi connectivity index (χ1) is 7.54. The fraction of sp³-hybridized carbons (Fsp3) is 0.273. The van der Waals surface area contributed by atoms with Gasteiger partial charge in [0.15, 0.2) is 0 Å². The van der Waals surface area contributed by atoms with E-state index in [1.807, 2.05) is 0 Å². The molecule has 1 aromatic rings. The number of amides is 1. The maximum atomic E-state index is 13.0. The Morgan fingerprint density at radius 1 is 1.81 bits per heavy atom. The number of carbonyl (C=O) groups excluding carboxylic acids is 1. The van der Waals surface area contributed by atoms with Gasteiger partial charge in [-0.25, -0.2) is 9.37 Å². The zero-order valence-corrected chi connectivity index (χ0v) is 9.59. The second kappa shape index (κ2) is 5.61. The topological polar surface area (TPSA) is 42.0 Å². The minimum Gasteiger partial charge on any atom is -0.349 e. The first-order valence-electron chi connectivity index (χ1n) is 4.73. The van der Waals surface area contributed by atoms with E-state index in [2.05, 4.69) is 16.9 Å². The molecule has 1 rings (SSSR count). The fourth-order valence-corrected chi connectivity index (χ4v) is 1.59. The first-order valence-corrected chi connectivity index (χ1v) is 5.11. The van der Waals surface area contributed by atoms with E-state index in [1.165, 1.54) is 13.0 Å². The number of carbonyl (C=O) groups is 1. The molecule has 1 atom stereocenters. The maximum Gasteiger partial charge on any atom is 0.217 e. The Balaban J connectivity index is 3.03. The Hall–Kier alpha value is -1.42. The van der Waals surface area contributed by atoms with Crippen LogP contribution in [0.3, 0.4) is 0 Å².